The fraction of sp³-hybridized carbons (Fsp3) is 0.500. The number of hydrogen-bond donors (Lipinski definition) is 1. The summed E-state index contributed by atoms with van der Waals surface area (Å²) >= 11 is 3.28. The molecule has 0 saturated heterocycles. The van der Waals surface area contributed by atoms with Gasteiger partial charge in [0, 0.05) is 24.7 Å². The van der Waals surface area contributed by atoms with Gasteiger partial charge in [-0.25, -0.2) is 12.7 Å². The number of hydrogen-bond acceptors (Lipinski definition) is 3. The third-order valence-electron chi connectivity index (χ3n) is 2.65. The van der Waals surface area contributed by atoms with Crippen molar-refractivity contribution in [1.29, 1.82) is 0 Å². The Morgan fingerprint density at radius 1 is 1.17 bits per heavy atom. The van der Waals surface area contributed by atoms with Crippen LogP contribution in [-0.2, 0) is 10.0 Å². The lowest BCUT2D eigenvalue weighted by atomic mass is 10.2. The molecule has 0 amide bonds. The first-order valence-electron chi connectivity index (χ1n) is 5.81. The van der Waals surface area contributed by atoms with Crippen molar-refractivity contribution in [1.82, 2.24) is 4.31 Å². The number of rotatable bonds is 7. The number of nitrogens with zero attached hydrogens (tertiary/aromatic N) is 1. The van der Waals surface area contributed by atoms with E-state index in [1.165, 1.54) is 4.31 Å². The zero-order valence-corrected chi connectivity index (χ0v) is 12.7. The average Bonchev–Trinajstić information content (AvgIpc) is 2.35. The number of benzene rings is 1. The van der Waals surface area contributed by atoms with Gasteiger partial charge in [0.2, 0.25) is 10.0 Å². The van der Waals surface area contributed by atoms with Crippen molar-refractivity contribution in [3.63, 3.8) is 0 Å². The molecule has 1 N–H and O–H groups in total. The van der Waals surface area contributed by atoms with Gasteiger partial charge in [-0.3, -0.25) is 0 Å². The number of unbranched alkanes of at least 4 members (excludes halogenated alkanes) is 2. The highest BCUT2D eigenvalue weighted by molar-refractivity contribution is 9.10. The van der Waals surface area contributed by atoms with Crippen LogP contribution in [0.1, 0.15) is 19.3 Å². The summed E-state index contributed by atoms with van der Waals surface area (Å²) in [7, 11) is -1.81. The minimum absolute atomic E-state index is 0.156. The van der Waals surface area contributed by atoms with Gasteiger partial charge in [0.1, 0.15) is 0 Å². The Labute approximate surface area is 117 Å². The normalized spacial score (nSPS) is 12.0. The molecule has 0 aliphatic rings. The first-order valence-corrected chi connectivity index (χ1v) is 8.04. The Bertz CT molecular complexity index is 459. The molecule has 0 aromatic heterocycles. The van der Waals surface area contributed by atoms with Crippen molar-refractivity contribution in [2.45, 2.75) is 24.2 Å². The van der Waals surface area contributed by atoms with E-state index >= 15 is 0 Å². The predicted molar refractivity (Wildman–Crippen MR) is 74.9 cm³/mol. The van der Waals surface area contributed by atoms with Gasteiger partial charge in [-0.15, -0.1) is 0 Å². The molecule has 0 aliphatic carbocycles. The van der Waals surface area contributed by atoms with Gasteiger partial charge in [0.15, 0.2) is 0 Å². The average molecular weight is 336 g/mol. The molecule has 0 heterocycles. The van der Waals surface area contributed by atoms with E-state index in [4.69, 9.17) is 5.11 Å². The molecule has 0 aliphatic heterocycles. The quantitative estimate of drug-likeness (QED) is 0.777. The lowest BCUT2D eigenvalue weighted by Gasteiger charge is -2.17. The fourth-order valence-electron chi connectivity index (χ4n) is 1.53. The van der Waals surface area contributed by atoms with Crippen LogP contribution >= 0.6 is 15.9 Å². The van der Waals surface area contributed by atoms with Crippen LogP contribution in [-0.4, -0.2) is 38.0 Å². The SMILES string of the molecule is CN(CCCCCO)S(=O)(=O)c1ccc(Br)cc1. The zero-order valence-electron chi connectivity index (χ0n) is 10.3. The van der Waals surface area contributed by atoms with Crippen molar-refractivity contribution in [3.8, 4) is 0 Å². The van der Waals surface area contributed by atoms with E-state index in [0.717, 1.165) is 17.3 Å². The largest absolute Gasteiger partial charge is 0.396 e. The second-order valence-corrected chi connectivity index (χ2v) is 7.03. The molecular formula is C12H18BrNO3S. The standard InChI is InChI=1S/C12H18BrNO3S/c1-14(9-3-2-4-10-15)18(16,17)12-7-5-11(13)6-8-12/h5-8,15H,2-4,9-10H2,1H3. The summed E-state index contributed by atoms with van der Waals surface area (Å²) in [5.74, 6) is 0. The van der Waals surface area contributed by atoms with Crippen molar-refractivity contribution in [3.05, 3.63) is 28.7 Å². The molecular weight excluding hydrogens is 318 g/mol. The van der Waals surface area contributed by atoms with Crippen molar-refractivity contribution >= 4 is 26.0 Å². The number of halogens is 1. The molecule has 102 valence electrons. The number of aliphatic hydroxyl groups excluding tert-OH is 1. The molecule has 1 aromatic rings. The molecule has 1 rings (SSSR count). The molecule has 0 radical (unpaired) electrons. The summed E-state index contributed by atoms with van der Waals surface area (Å²) < 4.78 is 26.5. The summed E-state index contributed by atoms with van der Waals surface area (Å²) in [6.07, 6.45) is 2.30. The highest BCUT2D eigenvalue weighted by atomic mass is 79.9. The lowest BCUT2D eigenvalue weighted by Crippen LogP contribution is -2.28. The molecule has 0 fully saturated rings. The molecule has 0 unspecified atom stereocenters. The highest BCUT2D eigenvalue weighted by Crippen LogP contribution is 2.18. The highest BCUT2D eigenvalue weighted by Gasteiger charge is 2.19. The van der Waals surface area contributed by atoms with Crippen LogP contribution in [0.4, 0.5) is 0 Å². The maximum atomic E-state index is 12.2. The van der Waals surface area contributed by atoms with Gasteiger partial charge in [0.05, 0.1) is 4.90 Å². The molecule has 1 aromatic carbocycles. The second kappa shape index (κ2) is 7.23. The van der Waals surface area contributed by atoms with Gasteiger partial charge in [-0.1, -0.05) is 15.9 Å². The van der Waals surface area contributed by atoms with E-state index in [1.807, 2.05) is 0 Å². The Balaban J connectivity index is 2.65. The first-order chi connectivity index (χ1) is 8.48. The van der Waals surface area contributed by atoms with Crippen molar-refractivity contribution in [2.24, 2.45) is 0 Å². The minimum atomic E-state index is -3.39. The van der Waals surface area contributed by atoms with E-state index in [2.05, 4.69) is 15.9 Å². The molecule has 0 saturated carbocycles. The summed E-state index contributed by atoms with van der Waals surface area (Å²) in [5, 5.41) is 8.66. The van der Waals surface area contributed by atoms with E-state index in [-0.39, 0.29) is 6.61 Å². The summed E-state index contributed by atoms with van der Waals surface area (Å²) in [5.41, 5.74) is 0. The summed E-state index contributed by atoms with van der Waals surface area (Å²) in [6.45, 7) is 0.627. The topological polar surface area (TPSA) is 57.6 Å². The Hall–Kier alpha value is -0.430. The smallest absolute Gasteiger partial charge is 0.242 e. The molecule has 18 heavy (non-hydrogen) atoms. The van der Waals surface area contributed by atoms with Crippen LogP contribution in [0.15, 0.2) is 33.6 Å². The third kappa shape index (κ3) is 4.35. The van der Waals surface area contributed by atoms with Crippen LogP contribution in [0.25, 0.3) is 0 Å². The third-order valence-corrected chi connectivity index (χ3v) is 5.05. The van der Waals surface area contributed by atoms with E-state index in [0.29, 0.717) is 17.9 Å². The minimum Gasteiger partial charge on any atom is -0.396 e. The van der Waals surface area contributed by atoms with Crippen LogP contribution in [0, 0.1) is 0 Å². The predicted octanol–water partition coefficient (Wildman–Crippen LogP) is 2.23. The second-order valence-electron chi connectivity index (χ2n) is 4.06. The van der Waals surface area contributed by atoms with Gasteiger partial charge < -0.3 is 5.11 Å². The molecule has 0 bridgehead atoms. The molecule has 4 nitrogen and oxygen atoms in total. The van der Waals surface area contributed by atoms with Crippen LogP contribution < -0.4 is 0 Å². The molecule has 6 heteroatoms. The Morgan fingerprint density at radius 3 is 2.33 bits per heavy atom. The maximum Gasteiger partial charge on any atom is 0.242 e. The monoisotopic (exact) mass is 335 g/mol. The van der Waals surface area contributed by atoms with E-state index < -0.39 is 10.0 Å². The first kappa shape index (κ1) is 15.6. The maximum absolute atomic E-state index is 12.2. The number of aliphatic hydroxyl groups is 1. The van der Waals surface area contributed by atoms with Gasteiger partial charge in [0.25, 0.3) is 0 Å². The Morgan fingerprint density at radius 2 is 1.78 bits per heavy atom. The van der Waals surface area contributed by atoms with E-state index in [1.54, 1.807) is 31.3 Å². The fourth-order valence-corrected chi connectivity index (χ4v) is 3.00. The van der Waals surface area contributed by atoms with Gasteiger partial charge >= 0.3 is 0 Å². The van der Waals surface area contributed by atoms with E-state index in [9.17, 15) is 8.42 Å². The zero-order chi connectivity index (χ0) is 13.6. The van der Waals surface area contributed by atoms with Crippen LogP contribution in [0.5, 0.6) is 0 Å². The van der Waals surface area contributed by atoms with Crippen LogP contribution in [0.2, 0.25) is 0 Å². The van der Waals surface area contributed by atoms with Gasteiger partial charge in [-0.05, 0) is 43.5 Å². The molecule has 0 spiro atoms. The van der Waals surface area contributed by atoms with Crippen LogP contribution in [0.3, 0.4) is 0 Å². The van der Waals surface area contributed by atoms with Gasteiger partial charge in [-0.2, -0.15) is 0 Å². The Kier molecular flexibility index (Phi) is 6.28. The summed E-state index contributed by atoms with van der Waals surface area (Å²) in [6, 6.07) is 6.60. The van der Waals surface area contributed by atoms with Crippen molar-refractivity contribution in [2.75, 3.05) is 20.2 Å². The summed E-state index contributed by atoms with van der Waals surface area (Å²) in [4.78, 5) is 0.301. The number of sulfonamides is 1. The van der Waals surface area contributed by atoms with Crippen molar-refractivity contribution < 1.29 is 13.5 Å². The lowest BCUT2D eigenvalue weighted by molar-refractivity contribution is 0.281. The molecule has 0 atom stereocenters.